The van der Waals surface area contributed by atoms with Crippen LogP contribution >= 0.6 is 22.6 Å². The van der Waals surface area contributed by atoms with E-state index in [2.05, 4.69) is 22.6 Å². The number of rotatable bonds is 1. The molecule has 1 heterocycles. The molecule has 1 aliphatic rings. The van der Waals surface area contributed by atoms with Gasteiger partial charge in [0.05, 0.1) is 13.2 Å². The molecule has 16 heavy (non-hydrogen) atoms. The Balaban J connectivity index is 2.16. The summed E-state index contributed by atoms with van der Waals surface area (Å²) in [6.07, 6.45) is 0. The van der Waals surface area contributed by atoms with Crippen LogP contribution in [0.2, 0.25) is 0 Å². The summed E-state index contributed by atoms with van der Waals surface area (Å²) in [7, 11) is 0. The second-order valence-corrected chi connectivity index (χ2v) is 5.03. The number of carbonyl (C=O) groups is 1. The van der Waals surface area contributed by atoms with Gasteiger partial charge in [-0.25, -0.2) is 0 Å². The van der Waals surface area contributed by atoms with E-state index in [9.17, 15) is 4.79 Å². The SMILES string of the molecule is Cc1ccc(C(=O)N2CCOCC2)cc1I. The lowest BCUT2D eigenvalue weighted by Gasteiger charge is -2.27. The first-order chi connectivity index (χ1) is 7.68. The molecule has 1 amide bonds. The molecule has 3 nitrogen and oxygen atoms in total. The van der Waals surface area contributed by atoms with Gasteiger partial charge < -0.3 is 9.64 Å². The summed E-state index contributed by atoms with van der Waals surface area (Å²) in [4.78, 5) is 14.0. The second kappa shape index (κ2) is 5.14. The maximum atomic E-state index is 12.1. The normalized spacial score (nSPS) is 16.2. The fourth-order valence-corrected chi connectivity index (χ4v) is 2.19. The molecule has 0 spiro atoms. The van der Waals surface area contributed by atoms with Crippen LogP contribution in [0.25, 0.3) is 0 Å². The van der Waals surface area contributed by atoms with E-state index in [1.165, 1.54) is 5.56 Å². The number of benzene rings is 1. The van der Waals surface area contributed by atoms with Gasteiger partial charge in [0.15, 0.2) is 0 Å². The Hall–Kier alpha value is -0.620. The predicted molar refractivity (Wildman–Crippen MR) is 70.6 cm³/mol. The molecule has 4 heteroatoms. The van der Waals surface area contributed by atoms with Crippen LogP contribution < -0.4 is 0 Å². The molecule has 1 aromatic carbocycles. The molecule has 1 saturated heterocycles. The Labute approximate surface area is 109 Å². The molecule has 0 saturated carbocycles. The van der Waals surface area contributed by atoms with Crippen molar-refractivity contribution in [1.29, 1.82) is 0 Å². The van der Waals surface area contributed by atoms with Crippen molar-refractivity contribution in [3.63, 3.8) is 0 Å². The number of morpholine rings is 1. The molecule has 0 bridgehead atoms. The van der Waals surface area contributed by atoms with E-state index in [0.717, 1.165) is 9.13 Å². The fraction of sp³-hybridized carbons (Fsp3) is 0.417. The Bertz CT molecular complexity index is 400. The number of nitrogens with zero attached hydrogens (tertiary/aromatic N) is 1. The van der Waals surface area contributed by atoms with E-state index in [1.54, 1.807) is 0 Å². The summed E-state index contributed by atoms with van der Waals surface area (Å²) in [5, 5.41) is 0. The minimum absolute atomic E-state index is 0.112. The van der Waals surface area contributed by atoms with Gasteiger partial charge in [-0.1, -0.05) is 6.07 Å². The standard InChI is InChI=1S/C12H14INO2/c1-9-2-3-10(8-11(9)13)12(15)14-4-6-16-7-5-14/h2-3,8H,4-7H2,1H3. The quantitative estimate of drug-likeness (QED) is 0.738. The first kappa shape index (κ1) is 11.9. The van der Waals surface area contributed by atoms with Gasteiger partial charge >= 0.3 is 0 Å². The number of hydrogen-bond donors (Lipinski definition) is 0. The predicted octanol–water partition coefficient (Wildman–Crippen LogP) is 2.07. The molecule has 1 aliphatic heterocycles. The third-order valence-electron chi connectivity index (χ3n) is 2.72. The highest BCUT2D eigenvalue weighted by Gasteiger charge is 2.18. The summed E-state index contributed by atoms with van der Waals surface area (Å²) in [6, 6.07) is 5.85. The zero-order valence-corrected chi connectivity index (χ0v) is 11.4. The van der Waals surface area contributed by atoms with Crippen molar-refractivity contribution in [3.8, 4) is 0 Å². The smallest absolute Gasteiger partial charge is 0.254 e. The highest BCUT2D eigenvalue weighted by atomic mass is 127. The van der Waals surface area contributed by atoms with Gasteiger partial charge in [-0.3, -0.25) is 4.79 Å². The molecule has 2 rings (SSSR count). The van der Waals surface area contributed by atoms with Crippen LogP contribution in [-0.2, 0) is 4.74 Å². The third-order valence-corrected chi connectivity index (χ3v) is 3.88. The van der Waals surface area contributed by atoms with Gasteiger partial charge in [0.2, 0.25) is 0 Å². The van der Waals surface area contributed by atoms with E-state index in [0.29, 0.717) is 26.3 Å². The Morgan fingerprint density at radius 3 is 2.69 bits per heavy atom. The molecule has 1 aromatic rings. The Kier molecular flexibility index (Phi) is 3.81. The maximum absolute atomic E-state index is 12.1. The van der Waals surface area contributed by atoms with Crippen LogP contribution in [-0.4, -0.2) is 37.1 Å². The van der Waals surface area contributed by atoms with Crippen LogP contribution in [0, 0.1) is 10.5 Å². The number of amides is 1. The van der Waals surface area contributed by atoms with Crippen molar-refractivity contribution in [1.82, 2.24) is 4.90 Å². The minimum Gasteiger partial charge on any atom is -0.378 e. The molecular formula is C12H14INO2. The highest BCUT2D eigenvalue weighted by molar-refractivity contribution is 14.1. The largest absolute Gasteiger partial charge is 0.378 e. The lowest BCUT2D eigenvalue weighted by atomic mass is 10.1. The van der Waals surface area contributed by atoms with Gasteiger partial charge in [-0.2, -0.15) is 0 Å². The monoisotopic (exact) mass is 331 g/mol. The number of aryl methyl sites for hydroxylation is 1. The molecule has 0 unspecified atom stereocenters. The average Bonchev–Trinajstić information content (AvgIpc) is 2.33. The Morgan fingerprint density at radius 1 is 1.38 bits per heavy atom. The van der Waals surface area contributed by atoms with Crippen molar-refractivity contribution >= 4 is 28.5 Å². The minimum atomic E-state index is 0.112. The van der Waals surface area contributed by atoms with Gasteiger partial charge in [-0.05, 0) is 47.2 Å². The van der Waals surface area contributed by atoms with Crippen LogP contribution in [0.4, 0.5) is 0 Å². The number of ether oxygens (including phenoxy) is 1. The first-order valence-corrected chi connectivity index (χ1v) is 6.39. The average molecular weight is 331 g/mol. The zero-order chi connectivity index (χ0) is 11.5. The lowest BCUT2D eigenvalue weighted by Crippen LogP contribution is -2.40. The van der Waals surface area contributed by atoms with Crippen LogP contribution in [0.15, 0.2) is 18.2 Å². The summed E-state index contributed by atoms with van der Waals surface area (Å²) >= 11 is 2.26. The van der Waals surface area contributed by atoms with E-state index < -0.39 is 0 Å². The summed E-state index contributed by atoms with van der Waals surface area (Å²) < 4.78 is 6.37. The molecule has 0 aliphatic carbocycles. The van der Waals surface area contributed by atoms with Crippen LogP contribution in [0.5, 0.6) is 0 Å². The van der Waals surface area contributed by atoms with Crippen LogP contribution in [0.1, 0.15) is 15.9 Å². The summed E-state index contributed by atoms with van der Waals surface area (Å²) in [5.41, 5.74) is 1.98. The maximum Gasteiger partial charge on any atom is 0.254 e. The molecule has 0 aromatic heterocycles. The van der Waals surface area contributed by atoms with E-state index in [-0.39, 0.29) is 5.91 Å². The van der Waals surface area contributed by atoms with Gasteiger partial charge in [0.25, 0.3) is 5.91 Å². The molecule has 1 fully saturated rings. The summed E-state index contributed by atoms with van der Waals surface area (Å²) in [6.45, 7) is 4.74. The van der Waals surface area contributed by atoms with Crippen molar-refractivity contribution in [2.24, 2.45) is 0 Å². The van der Waals surface area contributed by atoms with E-state index in [1.807, 2.05) is 30.0 Å². The van der Waals surface area contributed by atoms with Crippen molar-refractivity contribution in [2.75, 3.05) is 26.3 Å². The van der Waals surface area contributed by atoms with Gasteiger partial charge in [-0.15, -0.1) is 0 Å². The number of carbonyl (C=O) groups excluding carboxylic acids is 1. The molecule has 0 radical (unpaired) electrons. The number of hydrogen-bond acceptors (Lipinski definition) is 2. The molecule has 0 atom stereocenters. The lowest BCUT2D eigenvalue weighted by molar-refractivity contribution is 0.0303. The fourth-order valence-electron chi connectivity index (χ4n) is 1.67. The van der Waals surface area contributed by atoms with E-state index in [4.69, 9.17) is 4.74 Å². The van der Waals surface area contributed by atoms with Crippen molar-refractivity contribution < 1.29 is 9.53 Å². The third kappa shape index (κ3) is 2.55. The highest BCUT2D eigenvalue weighted by Crippen LogP contribution is 2.15. The summed E-state index contributed by atoms with van der Waals surface area (Å²) in [5.74, 6) is 0.112. The molecule has 86 valence electrons. The number of halogens is 1. The van der Waals surface area contributed by atoms with Crippen LogP contribution in [0.3, 0.4) is 0 Å². The van der Waals surface area contributed by atoms with Gasteiger partial charge in [0.1, 0.15) is 0 Å². The molecular weight excluding hydrogens is 317 g/mol. The van der Waals surface area contributed by atoms with Gasteiger partial charge in [0, 0.05) is 22.2 Å². The Morgan fingerprint density at radius 2 is 2.06 bits per heavy atom. The first-order valence-electron chi connectivity index (χ1n) is 5.31. The van der Waals surface area contributed by atoms with E-state index >= 15 is 0 Å². The van der Waals surface area contributed by atoms with Crippen molar-refractivity contribution in [3.05, 3.63) is 32.9 Å². The molecule has 0 N–H and O–H groups in total. The topological polar surface area (TPSA) is 29.5 Å². The second-order valence-electron chi connectivity index (χ2n) is 3.87. The van der Waals surface area contributed by atoms with Crippen molar-refractivity contribution in [2.45, 2.75) is 6.92 Å². The zero-order valence-electron chi connectivity index (χ0n) is 9.20.